The molecule has 5 nitrogen and oxygen atoms in total. The molecule has 1 fully saturated rings. The van der Waals surface area contributed by atoms with Gasteiger partial charge in [0, 0.05) is 32.2 Å². The Morgan fingerprint density at radius 2 is 2.05 bits per heavy atom. The van der Waals surface area contributed by atoms with E-state index < -0.39 is 11.9 Å². The van der Waals surface area contributed by atoms with E-state index in [0.29, 0.717) is 25.2 Å². The van der Waals surface area contributed by atoms with Crippen molar-refractivity contribution in [3.63, 3.8) is 0 Å². The van der Waals surface area contributed by atoms with Crippen LogP contribution < -0.4 is 5.73 Å². The van der Waals surface area contributed by atoms with Crippen LogP contribution >= 0.6 is 0 Å². The monoisotopic (exact) mass is 309 g/mol. The Hall–Kier alpha value is -1.50. The minimum absolute atomic E-state index is 0.214. The van der Waals surface area contributed by atoms with Gasteiger partial charge in [-0.05, 0) is 31.5 Å². The first kappa shape index (κ1) is 16.9. The molecule has 3 atom stereocenters. The highest BCUT2D eigenvalue weighted by atomic mass is 19.1. The molecule has 0 aliphatic carbocycles. The molecule has 1 aromatic rings. The van der Waals surface area contributed by atoms with Crippen molar-refractivity contribution in [2.45, 2.75) is 32.0 Å². The minimum Gasteiger partial charge on any atom is -0.392 e. The van der Waals surface area contributed by atoms with Crippen LogP contribution in [0.25, 0.3) is 0 Å². The number of carbonyl (C=O) groups is 1. The second kappa shape index (κ2) is 7.17. The van der Waals surface area contributed by atoms with Gasteiger partial charge in [0.05, 0.1) is 6.10 Å². The lowest BCUT2D eigenvalue weighted by molar-refractivity contribution is -0.124. The van der Waals surface area contributed by atoms with E-state index in [0.717, 1.165) is 6.54 Å². The lowest BCUT2D eigenvalue weighted by Crippen LogP contribution is -2.55. The molecule has 3 N–H and O–H groups in total. The van der Waals surface area contributed by atoms with E-state index in [-0.39, 0.29) is 18.0 Å². The van der Waals surface area contributed by atoms with Gasteiger partial charge in [-0.15, -0.1) is 0 Å². The van der Waals surface area contributed by atoms with Crippen LogP contribution in [0.1, 0.15) is 25.5 Å². The Kier molecular flexibility index (Phi) is 5.50. The number of benzene rings is 1. The zero-order valence-corrected chi connectivity index (χ0v) is 13.1. The Morgan fingerprint density at radius 3 is 2.55 bits per heavy atom. The average molecular weight is 309 g/mol. The molecule has 0 saturated carbocycles. The zero-order valence-electron chi connectivity index (χ0n) is 13.1. The predicted molar refractivity (Wildman–Crippen MR) is 82.6 cm³/mol. The van der Waals surface area contributed by atoms with Crippen molar-refractivity contribution in [2.24, 2.45) is 5.73 Å². The Labute approximate surface area is 130 Å². The van der Waals surface area contributed by atoms with Crippen molar-refractivity contribution in [3.8, 4) is 0 Å². The number of carbonyl (C=O) groups excluding carboxylic acids is 1. The molecule has 1 saturated heterocycles. The maximum absolute atomic E-state index is 13.1. The van der Waals surface area contributed by atoms with Crippen LogP contribution in [0.4, 0.5) is 4.39 Å². The average Bonchev–Trinajstić information content (AvgIpc) is 2.43. The Bertz CT molecular complexity index is 507. The van der Waals surface area contributed by atoms with Crippen LogP contribution in [0.3, 0.4) is 0 Å². The van der Waals surface area contributed by atoms with Gasteiger partial charge in [0.2, 0.25) is 5.91 Å². The van der Waals surface area contributed by atoms with Crippen molar-refractivity contribution in [1.82, 2.24) is 9.80 Å². The molecule has 0 radical (unpaired) electrons. The number of aliphatic hydroxyl groups excluding tert-OH is 1. The van der Waals surface area contributed by atoms with Gasteiger partial charge >= 0.3 is 0 Å². The smallest absolute Gasteiger partial charge is 0.239 e. The first-order valence-corrected chi connectivity index (χ1v) is 7.59. The van der Waals surface area contributed by atoms with Gasteiger partial charge in [-0.2, -0.15) is 0 Å². The van der Waals surface area contributed by atoms with Crippen LogP contribution in [-0.4, -0.2) is 59.1 Å². The van der Waals surface area contributed by atoms with Crippen molar-refractivity contribution in [2.75, 3.05) is 26.2 Å². The Balaban J connectivity index is 2.11. The van der Waals surface area contributed by atoms with E-state index in [1.54, 1.807) is 19.1 Å². The van der Waals surface area contributed by atoms with Crippen LogP contribution in [0.15, 0.2) is 24.3 Å². The summed E-state index contributed by atoms with van der Waals surface area (Å²) in [7, 11) is 0. The van der Waals surface area contributed by atoms with Crippen LogP contribution in [0.5, 0.6) is 0 Å². The number of β-amino-alcohol motifs (C(OH)–C–C–N with tert-alkyl or cyclic N) is 1. The third-order valence-electron chi connectivity index (χ3n) is 4.12. The number of amides is 1. The normalized spacial score (nSPS) is 23.2. The molecule has 1 heterocycles. The molecule has 1 amide bonds. The molecule has 2 rings (SSSR count). The summed E-state index contributed by atoms with van der Waals surface area (Å²) < 4.78 is 13.1. The fourth-order valence-electron chi connectivity index (χ4n) is 3.07. The second-order valence-electron chi connectivity index (χ2n) is 6.04. The van der Waals surface area contributed by atoms with Crippen molar-refractivity contribution in [1.29, 1.82) is 0 Å². The van der Waals surface area contributed by atoms with E-state index in [4.69, 9.17) is 5.73 Å². The lowest BCUT2D eigenvalue weighted by atomic mass is 10.0. The SMILES string of the molecule is C[C@H](O)CN1CCN([C@@H](C(N)=O)c2ccc(F)cc2)C[C@@H]1C. The quantitative estimate of drug-likeness (QED) is 0.842. The summed E-state index contributed by atoms with van der Waals surface area (Å²) in [5.41, 5.74) is 6.28. The number of nitrogens with two attached hydrogens (primary N) is 1. The third-order valence-corrected chi connectivity index (χ3v) is 4.12. The van der Waals surface area contributed by atoms with Gasteiger partial charge in [0.25, 0.3) is 0 Å². The third kappa shape index (κ3) is 4.03. The number of primary amides is 1. The van der Waals surface area contributed by atoms with Gasteiger partial charge in [0.1, 0.15) is 11.9 Å². The molecule has 0 spiro atoms. The molecule has 22 heavy (non-hydrogen) atoms. The second-order valence-corrected chi connectivity index (χ2v) is 6.04. The molecule has 6 heteroatoms. The van der Waals surface area contributed by atoms with Gasteiger partial charge < -0.3 is 10.8 Å². The maximum Gasteiger partial charge on any atom is 0.239 e. The van der Waals surface area contributed by atoms with Gasteiger partial charge in [0.15, 0.2) is 0 Å². The largest absolute Gasteiger partial charge is 0.392 e. The molecule has 1 aliphatic rings. The fraction of sp³-hybridized carbons (Fsp3) is 0.562. The fourth-order valence-corrected chi connectivity index (χ4v) is 3.07. The number of nitrogens with zero attached hydrogens (tertiary/aromatic N) is 2. The molecule has 122 valence electrons. The van der Waals surface area contributed by atoms with E-state index in [9.17, 15) is 14.3 Å². The summed E-state index contributed by atoms with van der Waals surface area (Å²) in [5.74, 6) is -0.759. The number of hydrogen-bond acceptors (Lipinski definition) is 4. The lowest BCUT2D eigenvalue weighted by Gasteiger charge is -2.42. The van der Waals surface area contributed by atoms with Gasteiger partial charge in [-0.1, -0.05) is 12.1 Å². The van der Waals surface area contributed by atoms with Crippen molar-refractivity contribution >= 4 is 5.91 Å². The van der Waals surface area contributed by atoms with Gasteiger partial charge in [-0.3, -0.25) is 14.6 Å². The van der Waals surface area contributed by atoms with Crippen LogP contribution in [-0.2, 0) is 4.79 Å². The highest BCUT2D eigenvalue weighted by Crippen LogP contribution is 2.24. The summed E-state index contributed by atoms with van der Waals surface area (Å²) >= 11 is 0. The van der Waals surface area contributed by atoms with Crippen LogP contribution in [0, 0.1) is 5.82 Å². The maximum atomic E-state index is 13.1. The molecule has 1 aliphatic heterocycles. The van der Waals surface area contributed by atoms with Crippen LogP contribution in [0.2, 0.25) is 0 Å². The number of aliphatic hydroxyl groups is 1. The first-order valence-electron chi connectivity index (χ1n) is 7.59. The van der Waals surface area contributed by atoms with E-state index in [1.165, 1.54) is 12.1 Å². The predicted octanol–water partition coefficient (Wildman–Crippen LogP) is 0.739. The van der Waals surface area contributed by atoms with E-state index in [1.807, 2.05) is 4.90 Å². The molecular weight excluding hydrogens is 285 g/mol. The number of rotatable bonds is 5. The summed E-state index contributed by atoms with van der Waals surface area (Å²) in [6.07, 6.45) is -0.377. The summed E-state index contributed by atoms with van der Waals surface area (Å²) in [4.78, 5) is 16.1. The molecule has 0 bridgehead atoms. The molecule has 0 aromatic heterocycles. The minimum atomic E-state index is -0.545. The Morgan fingerprint density at radius 1 is 1.41 bits per heavy atom. The molecule has 0 unspecified atom stereocenters. The summed E-state index contributed by atoms with van der Waals surface area (Å²) in [5, 5.41) is 9.52. The number of piperazine rings is 1. The number of halogens is 1. The summed E-state index contributed by atoms with van der Waals surface area (Å²) in [6, 6.07) is 5.58. The van der Waals surface area contributed by atoms with E-state index in [2.05, 4.69) is 11.8 Å². The topological polar surface area (TPSA) is 69.8 Å². The highest BCUT2D eigenvalue weighted by Gasteiger charge is 2.32. The van der Waals surface area contributed by atoms with Gasteiger partial charge in [-0.25, -0.2) is 4.39 Å². The van der Waals surface area contributed by atoms with Crippen molar-refractivity contribution < 1.29 is 14.3 Å². The van der Waals surface area contributed by atoms with Crippen molar-refractivity contribution in [3.05, 3.63) is 35.6 Å². The molecular formula is C16H24FN3O2. The van der Waals surface area contributed by atoms with E-state index >= 15 is 0 Å². The first-order chi connectivity index (χ1) is 10.4. The highest BCUT2D eigenvalue weighted by molar-refractivity contribution is 5.81. The standard InChI is InChI=1S/C16H24FN3O2/c1-11-9-20(8-7-19(11)10-12(2)21)15(16(18)22)13-3-5-14(17)6-4-13/h3-6,11-12,15,21H,7-10H2,1-2H3,(H2,18,22)/t11-,12-,15+/m0/s1. The summed E-state index contributed by atoms with van der Waals surface area (Å²) in [6.45, 7) is 6.57. The molecule has 1 aromatic carbocycles. The number of hydrogen-bond donors (Lipinski definition) is 2. The zero-order chi connectivity index (χ0) is 16.3.